The maximum Gasteiger partial charge on any atom is 0.262 e. The number of halogens is 1. The number of carbonyl (C=O) groups excluding carboxylic acids is 1. The molecule has 88 valence electrons. The van der Waals surface area contributed by atoms with E-state index in [9.17, 15) is 4.79 Å². The van der Waals surface area contributed by atoms with Gasteiger partial charge in [0.05, 0.1) is 0 Å². The van der Waals surface area contributed by atoms with Gasteiger partial charge in [-0.2, -0.15) is 11.8 Å². The van der Waals surface area contributed by atoms with E-state index >= 15 is 0 Å². The van der Waals surface area contributed by atoms with Gasteiger partial charge in [0.15, 0.2) is 0 Å². The summed E-state index contributed by atoms with van der Waals surface area (Å²) < 4.78 is 0.898. The Morgan fingerprint density at radius 2 is 2.44 bits per heavy atom. The van der Waals surface area contributed by atoms with Crippen molar-refractivity contribution in [1.82, 2.24) is 5.32 Å². The smallest absolute Gasteiger partial charge is 0.262 e. The van der Waals surface area contributed by atoms with E-state index in [1.54, 1.807) is 0 Å². The zero-order chi connectivity index (χ0) is 11.5. The van der Waals surface area contributed by atoms with Crippen molar-refractivity contribution in [3.8, 4) is 0 Å². The lowest BCUT2D eigenvalue weighted by molar-refractivity contribution is 0.0941. The Kier molecular flexibility index (Phi) is 4.33. The van der Waals surface area contributed by atoms with Crippen molar-refractivity contribution >= 4 is 44.9 Å². The minimum atomic E-state index is 0.0635. The van der Waals surface area contributed by atoms with Crippen LogP contribution in [0.2, 0.25) is 0 Å². The van der Waals surface area contributed by atoms with Gasteiger partial charge in [0.25, 0.3) is 5.91 Å². The summed E-state index contributed by atoms with van der Waals surface area (Å²) in [6.07, 6.45) is 5.58. The third kappa shape index (κ3) is 2.81. The Bertz CT molecular complexity index is 380. The lowest BCUT2D eigenvalue weighted by atomic mass is 10.2. The average molecular weight is 320 g/mol. The van der Waals surface area contributed by atoms with Gasteiger partial charge in [0, 0.05) is 15.8 Å². The lowest BCUT2D eigenvalue weighted by Gasteiger charge is -2.12. The number of hydrogen-bond donors (Lipinski definition) is 1. The molecule has 2 nitrogen and oxygen atoms in total. The second-order valence-corrected chi connectivity index (χ2v) is 6.85. The van der Waals surface area contributed by atoms with Crippen molar-refractivity contribution in [3.63, 3.8) is 0 Å². The van der Waals surface area contributed by atoms with Gasteiger partial charge in [-0.25, -0.2) is 0 Å². The molecule has 0 bridgehead atoms. The highest BCUT2D eigenvalue weighted by Crippen LogP contribution is 2.29. The summed E-state index contributed by atoms with van der Waals surface area (Å²) in [6.45, 7) is 0. The molecule has 0 aromatic carbocycles. The van der Waals surface area contributed by atoms with E-state index in [4.69, 9.17) is 0 Å². The molecule has 1 aromatic heterocycles. The summed E-state index contributed by atoms with van der Waals surface area (Å²) in [7, 11) is 0. The van der Waals surface area contributed by atoms with Crippen molar-refractivity contribution in [2.75, 3.05) is 6.26 Å². The highest BCUT2D eigenvalue weighted by atomic mass is 79.9. The molecular weight excluding hydrogens is 306 g/mol. The third-order valence-electron chi connectivity index (χ3n) is 2.88. The first-order valence-corrected chi connectivity index (χ1v) is 8.23. The van der Waals surface area contributed by atoms with Gasteiger partial charge < -0.3 is 5.32 Å². The second kappa shape index (κ2) is 5.56. The first-order valence-electron chi connectivity index (χ1n) is 5.27. The molecule has 1 saturated carbocycles. The van der Waals surface area contributed by atoms with Crippen molar-refractivity contribution in [2.24, 2.45) is 0 Å². The fraction of sp³-hybridized carbons (Fsp3) is 0.545. The fourth-order valence-electron chi connectivity index (χ4n) is 1.99. The quantitative estimate of drug-likeness (QED) is 0.923. The molecule has 0 aliphatic heterocycles. The Labute approximate surface area is 112 Å². The molecule has 1 amide bonds. The van der Waals surface area contributed by atoms with Crippen molar-refractivity contribution in [2.45, 2.75) is 30.6 Å². The van der Waals surface area contributed by atoms with Gasteiger partial charge in [-0.05, 0) is 52.9 Å². The van der Waals surface area contributed by atoms with E-state index in [1.807, 2.05) is 23.2 Å². The van der Waals surface area contributed by atoms with Crippen LogP contribution in [-0.4, -0.2) is 23.5 Å². The predicted octanol–water partition coefficient (Wildman–Crippen LogP) is 3.52. The summed E-state index contributed by atoms with van der Waals surface area (Å²) in [4.78, 5) is 12.7. The van der Waals surface area contributed by atoms with Gasteiger partial charge in [-0.1, -0.05) is 0 Å². The molecule has 2 unspecified atom stereocenters. The van der Waals surface area contributed by atoms with Crippen LogP contribution in [0.25, 0.3) is 0 Å². The molecule has 16 heavy (non-hydrogen) atoms. The monoisotopic (exact) mass is 319 g/mol. The van der Waals surface area contributed by atoms with E-state index in [0.29, 0.717) is 6.04 Å². The molecule has 5 heteroatoms. The summed E-state index contributed by atoms with van der Waals surface area (Å²) in [5.74, 6) is 0.0635. The topological polar surface area (TPSA) is 29.1 Å². The summed E-state index contributed by atoms with van der Waals surface area (Å²) in [6, 6.07) is 2.28. The third-order valence-corrected chi connectivity index (χ3v) is 5.81. The van der Waals surface area contributed by atoms with E-state index in [0.717, 1.165) is 27.4 Å². The zero-order valence-corrected chi connectivity index (χ0v) is 12.3. The molecule has 1 heterocycles. The van der Waals surface area contributed by atoms with Gasteiger partial charge in [0.1, 0.15) is 4.88 Å². The normalized spacial score (nSPS) is 24.6. The van der Waals surface area contributed by atoms with Crippen molar-refractivity contribution in [3.05, 3.63) is 20.8 Å². The number of amides is 1. The Hall–Kier alpha value is -0.000000000000000111. The molecule has 1 aromatic rings. The van der Waals surface area contributed by atoms with Gasteiger partial charge in [-0.3, -0.25) is 4.79 Å². The predicted molar refractivity (Wildman–Crippen MR) is 74.4 cm³/mol. The molecule has 1 aliphatic carbocycles. The van der Waals surface area contributed by atoms with E-state index in [2.05, 4.69) is 27.5 Å². The number of carbonyl (C=O) groups is 1. The largest absolute Gasteiger partial charge is 0.349 e. The molecule has 1 fully saturated rings. The molecule has 1 N–H and O–H groups in total. The van der Waals surface area contributed by atoms with Crippen molar-refractivity contribution in [1.29, 1.82) is 0 Å². The Morgan fingerprint density at radius 1 is 1.62 bits per heavy atom. The Balaban J connectivity index is 1.91. The first kappa shape index (κ1) is 12.5. The van der Waals surface area contributed by atoms with Crippen LogP contribution < -0.4 is 5.32 Å². The summed E-state index contributed by atoms with van der Waals surface area (Å²) in [5, 5.41) is 5.76. The minimum absolute atomic E-state index is 0.0635. The van der Waals surface area contributed by atoms with Gasteiger partial charge in [-0.15, -0.1) is 11.3 Å². The molecule has 1 aliphatic rings. The molecule has 0 spiro atoms. The number of thioether (sulfide) groups is 1. The second-order valence-electron chi connectivity index (χ2n) is 3.94. The van der Waals surface area contributed by atoms with Crippen molar-refractivity contribution < 1.29 is 4.79 Å². The van der Waals surface area contributed by atoms with Crippen LogP contribution in [0, 0.1) is 0 Å². The number of rotatable bonds is 3. The molecular formula is C11H14BrNOS2. The van der Waals surface area contributed by atoms with Gasteiger partial charge >= 0.3 is 0 Å². The minimum Gasteiger partial charge on any atom is -0.349 e. The fourth-order valence-corrected chi connectivity index (χ4v) is 4.24. The maximum atomic E-state index is 11.9. The van der Waals surface area contributed by atoms with Crippen LogP contribution in [0.5, 0.6) is 0 Å². The van der Waals surface area contributed by atoms with Crippen LogP contribution >= 0.6 is 39.0 Å². The summed E-state index contributed by atoms with van der Waals surface area (Å²) in [5.41, 5.74) is 0. The number of thiophene rings is 1. The average Bonchev–Trinajstić information content (AvgIpc) is 2.86. The standard InChI is InChI=1S/C11H14BrNOS2/c1-15-8-3-2-7(6-8)13-11(14)10-9(12)4-5-16-10/h4-5,7-8H,2-3,6H2,1H3,(H,13,14). The van der Waals surface area contributed by atoms with Crippen LogP contribution in [0.1, 0.15) is 28.9 Å². The summed E-state index contributed by atoms with van der Waals surface area (Å²) >= 11 is 6.78. The highest BCUT2D eigenvalue weighted by molar-refractivity contribution is 9.10. The van der Waals surface area contributed by atoms with Crippen LogP contribution in [0.15, 0.2) is 15.9 Å². The first-order chi connectivity index (χ1) is 7.70. The highest BCUT2D eigenvalue weighted by Gasteiger charge is 2.26. The molecule has 2 rings (SSSR count). The molecule has 2 atom stereocenters. The van der Waals surface area contributed by atoms with Crippen LogP contribution in [-0.2, 0) is 0 Å². The molecule has 0 radical (unpaired) electrons. The van der Waals surface area contributed by atoms with Gasteiger partial charge in [0.2, 0.25) is 0 Å². The maximum absolute atomic E-state index is 11.9. The number of nitrogens with one attached hydrogen (secondary N) is 1. The zero-order valence-electron chi connectivity index (χ0n) is 9.03. The van der Waals surface area contributed by atoms with E-state index < -0.39 is 0 Å². The lowest BCUT2D eigenvalue weighted by Crippen LogP contribution is -2.32. The van der Waals surface area contributed by atoms with Crippen LogP contribution in [0.4, 0.5) is 0 Å². The SMILES string of the molecule is CSC1CCC(NC(=O)c2sccc2Br)C1. The molecule has 0 saturated heterocycles. The van der Waals surface area contributed by atoms with E-state index in [-0.39, 0.29) is 5.91 Å². The number of hydrogen-bond acceptors (Lipinski definition) is 3. The van der Waals surface area contributed by atoms with E-state index in [1.165, 1.54) is 17.8 Å². The Morgan fingerprint density at radius 3 is 3.00 bits per heavy atom. The van der Waals surface area contributed by atoms with Crippen LogP contribution in [0.3, 0.4) is 0 Å².